The van der Waals surface area contributed by atoms with Gasteiger partial charge in [-0.15, -0.1) is 0 Å². The van der Waals surface area contributed by atoms with Crippen LogP contribution >= 0.6 is 0 Å². The molecule has 2 aromatic carbocycles. The van der Waals surface area contributed by atoms with Gasteiger partial charge in [0.25, 0.3) is 0 Å². The molecular weight excluding hydrogens is 1120 g/mol. The number of rotatable bonds is 18. The summed E-state index contributed by atoms with van der Waals surface area (Å²) in [5.74, 6) is -1.95. The number of benzene rings is 2. The smallest absolute Gasteiger partial charge is 0.338 e. The Morgan fingerprint density at radius 1 is 0.640 bits per heavy atom. The number of aliphatic hydroxyl groups excluding tert-OH is 2. The monoisotopic (exact) mass is 1210 g/mol. The Bertz CT molecular complexity index is 2680. The SMILES string of the molecule is CO[C@H]1[C@@H](O)[C@@H](C)O[C@@H](O[C@@H]2[C@@H](C)O[C@@H](O[C@H]3[C@@H](OC)C[C@H](O[C@H]4[C@@H](OC)C[C@H](O[C@H]5CC[C@@]6(C)C(=CC[C@]7(O)[C@@H]6C[C@@H](OC(=O)C=Cc6ccccc6)[C@@]6(C)[C@]7(O)CC[C@@]6(O)[C@H](C)OC(=O)c6ccccc6)C5)O[C@@H]4C)O[C@@H]3C)C[C@H]2OC)[C@@H]1O. The largest absolute Gasteiger partial charge is 0.458 e. The summed E-state index contributed by atoms with van der Waals surface area (Å²) in [4.78, 5) is 27.5. The van der Waals surface area contributed by atoms with Crippen LogP contribution in [0.3, 0.4) is 0 Å². The second kappa shape index (κ2) is 26.2. The van der Waals surface area contributed by atoms with E-state index in [2.05, 4.69) is 6.92 Å². The number of methoxy groups -OCH3 is 4. The average molecular weight is 1210 g/mol. The normalized spacial score (nSPS) is 45.5. The van der Waals surface area contributed by atoms with Crippen LogP contribution in [0.5, 0.6) is 0 Å². The molecule has 0 aromatic heterocycles. The van der Waals surface area contributed by atoms with Crippen molar-refractivity contribution in [3.63, 3.8) is 0 Å². The van der Waals surface area contributed by atoms with Crippen LogP contribution in [0.15, 0.2) is 78.4 Å². The molecule has 4 saturated heterocycles. The molecule has 5 N–H and O–H groups in total. The fraction of sp³-hybridized carbons (Fsp3) is 0.723. The third-order valence-corrected chi connectivity index (χ3v) is 21.1. The second-order valence-corrected chi connectivity index (χ2v) is 25.7. The number of ether oxygens (including phenoxy) is 14. The van der Waals surface area contributed by atoms with Gasteiger partial charge >= 0.3 is 11.9 Å². The van der Waals surface area contributed by atoms with Crippen LogP contribution in [0, 0.1) is 16.7 Å². The van der Waals surface area contributed by atoms with Crippen LogP contribution in [0.25, 0.3) is 6.08 Å². The molecule has 21 heteroatoms. The van der Waals surface area contributed by atoms with Gasteiger partial charge in [-0.25, -0.2) is 9.59 Å². The highest BCUT2D eigenvalue weighted by molar-refractivity contribution is 5.89. The average Bonchev–Trinajstić information content (AvgIpc) is 1.35. The van der Waals surface area contributed by atoms with Gasteiger partial charge in [-0.3, -0.25) is 0 Å². The van der Waals surface area contributed by atoms with Crippen molar-refractivity contribution < 1.29 is 101 Å². The number of hydrogen-bond donors (Lipinski definition) is 5. The molecule has 26 atom stereocenters. The van der Waals surface area contributed by atoms with Crippen LogP contribution in [-0.2, 0) is 71.1 Å². The van der Waals surface area contributed by atoms with E-state index in [9.17, 15) is 35.1 Å². The molecule has 21 nitrogen and oxygen atoms in total. The maximum absolute atomic E-state index is 14.0. The van der Waals surface area contributed by atoms with Crippen molar-refractivity contribution in [1.82, 2.24) is 0 Å². The lowest BCUT2D eigenvalue weighted by atomic mass is 9.42. The van der Waals surface area contributed by atoms with E-state index in [1.807, 2.05) is 57.2 Å². The minimum Gasteiger partial charge on any atom is -0.458 e. The van der Waals surface area contributed by atoms with Crippen molar-refractivity contribution in [3.8, 4) is 0 Å². The van der Waals surface area contributed by atoms with Gasteiger partial charge in [0, 0.05) is 59.7 Å². The Hall–Kier alpha value is -3.82. The zero-order chi connectivity index (χ0) is 61.7. The van der Waals surface area contributed by atoms with Gasteiger partial charge in [0.05, 0.1) is 59.8 Å². The molecule has 10 rings (SSSR count). The molecule has 0 unspecified atom stereocenters. The highest BCUT2D eigenvalue weighted by atomic mass is 16.8. The van der Waals surface area contributed by atoms with Gasteiger partial charge in [0.15, 0.2) is 25.2 Å². The van der Waals surface area contributed by atoms with Gasteiger partial charge in [-0.2, -0.15) is 0 Å². The number of aliphatic hydroxyl groups is 5. The molecule has 4 heterocycles. The highest BCUT2D eigenvalue weighted by Gasteiger charge is 2.81. The molecule has 4 aliphatic heterocycles. The summed E-state index contributed by atoms with van der Waals surface area (Å²) in [6.07, 6.45) is -6.48. The maximum Gasteiger partial charge on any atom is 0.338 e. The van der Waals surface area contributed by atoms with Gasteiger partial charge in [-0.05, 0) is 109 Å². The van der Waals surface area contributed by atoms with E-state index in [0.717, 1.165) is 11.1 Å². The van der Waals surface area contributed by atoms with Crippen molar-refractivity contribution in [1.29, 1.82) is 0 Å². The van der Waals surface area contributed by atoms with E-state index in [0.29, 0.717) is 37.7 Å². The lowest BCUT2D eigenvalue weighted by Crippen LogP contribution is -2.78. The summed E-state index contributed by atoms with van der Waals surface area (Å²) < 4.78 is 87.5. The zero-order valence-electron chi connectivity index (χ0n) is 51.5. The molecule has 2 aromatic rings. The van der Waals surface area contributed by atoms with Gasteiger partial charge in [0.2, 0.25) is 0 Å². The molecule has 0 amide bonds. The number of carbonyl (C=O) groups excluding carboxylic acids is 2. The lowest BCUT2D eigenvalue weighted by Gasteiger charge is -2.67. The van der Waals surface area contributed by atoms with Crippen molar-refractivity contribution in [2.24, 2.45) is 16.7 Å². The Labute approximate surface area is 504 Å². The number of fused-ring (bicyclic) bond motifs is 5. The van der Waals surface area contributed by atoms with Crippen LogP contribution < -0.4 is 0 Å². The van der Waals surface area contributed by atoms with E-state index in [1.54, 1.807) is 78.5 Å². The Morgan fingerprint density at radius 2 is 1.19 bits per heavy atom. The van der Waals surface area contributed by atoms with Crippen molar-refractivity contribution >= 4 is 18.0 Å². The first-order valence-electron chi connectivity index (χ1n) is 30.7. The van der Waals surface area contributed by atoms with Gasteiger partial charge in [0.1, 0.15) is 65.6 Å². The van der Waals surface area contributed by atoms with Gasteiger partial charge < -0.3 is 91.8 Å². The Morgan fingerprint density at radius 3 is 1.74 bits per heavy atom. The minimum atomic E-state index is -2.00. The molecule has 86 heavy (non-hydrogen) atoms. The highest BCUT2D eigenvalue weighted by Crippen LogP contribution is 2.71. The van der Waals surface area contributed by atoms with Crippen LogP contribution in [-0.4, -0.2) is 206 Å². The molecule has 478 valence electrons. The first-order chi connectivity index (χ1) is 40.9. The summed E-state index contributed by atoms with van der Waals surface area (Å²) in [7, 11) is 6.24. The van der Waals surface area contributed by atoms with E-state index in [-0.39, 0.29) is 38.2 Å². The summed E-state index contributed by atoms with van der Waals surface area (Å²) >= 11 is 0. The predicted molar refractivity (Wildman–Crippen MR) is 308 cm³/mol. The van der Waals surface area contributed by atoms with E-state index in [1.165, 1.54) is 13.2 Å². The molecular formula is C65H92O21. The van der Waals surface area contributed by atoms with E-state index >= 15 is 0 Å². The topological polar surface area (TPSA) is 265 Å². The molecule has 0 spiro atoms. The third kappa shape index (κ3) is 11.9. The first-order valence-corrected chi connectivity index (χ1v) is 30.7. The maximum atomic E-state index is 14.0. The Balaban J connectivity index is 0.776. The van der Waals surface area contributed by atoms with Crippen molar-refractivity contribution in [2.75, 3.05) is 28.4 Å². The number of hydrogen-bond acceptors (Lipinski definition) is 21. The summed E-state index contributed by atoms with van der Waals surface area (Å²) in [5, 5.41) is 61.3. The van der Waals surface area contributed by atoms with E-state index in [4.69, 9.17) is 66.3 Å². The second-order valence-electron chi connectivity index (χ2n) is 25.7. The van der Waals surface area contributed by atoms with Crippen LogP contribution in [0.1, 0.15) is 129 Å². The van der Waals surface area contributed by atoms with Crippen LogP contribution in [0.4, 0.5) is 0 Å². The summed E-state index contributed by atoms with van der Waals surface area (Å²) in [5.41, 5.74) is -5.98. The zero-order valence-corrected chi connectivity index (χ0v) is 51.5. The Kier molecular flexibility index (Phi) is 19.8. The standard InChI is InChI=1S/C65H92O21/c1-35-53(67)58(76-11)54(68)60(80-35)86-57-38(4)79-52(33-46(57)75-10)85-56-37(3)78-51(32-45(56)74-9)84-55-36(2)77-50(31-44(55)73-8)82-43-25-26-61(6)42(30-43)24-27-64(71)47(61)34-48(83-49(66)23-22-40-18-14-12-15-19-40)62(7)63(70,28-29-65(62,64)72)39(5)81-59(69)41-20-16-13-17-21-41/h12-24,35-39,43-48,50-58,60,67-68,70-72H,25-34H2,1-11H3/t35-,36-,37-,38-,39+,43+,44+,45+,46-,47-,48-,50+,51+,52+,53+,54-,55-,56-,57-,58+,60+,61+,62-,63-,64+,65-/m1/s1. The first kappa shape index (κ1) is 65.1. The van der Waals surface area contributed by atoms with E-state index < -0.39 is 162 Å². The van der Waals surface area contributed by atoms with Crippen molar-refractivity contribution in [2.45, 2.75) is 252 Å². The lowest BCUT2D eigenvalue weighted by molar-refractivity contribution is -0.356. The molecule has 3 saturated carbocycles. The van der Waals surface area contributed by atoms with Crippen LogP contribution in [0.2, 0.25) is 0 Å². The molecule has 7 fully saturated rings. The molecule has 8 aliphatic rings. The predicted octanol–water partition coefficient (Wildman–Crippen LogP) is 5.86. The molecule has 0 radical (unpaired) electrons. The summed E-state index contributed by atoms with van der Waals surface area (Å²) in [6, 6.07) is 17.8. The van der Waals surface area contributed by atoms with Crippen molar-refractivity contribution in [3.05, 3.63) is 89.5 Å². The summed E-state index contributed by atoms with van der Waals surface area (Å²) in [6.45, 7) is 12.7. The number of esters is 2. The minimum absolute atomic E-state index is 0.0415. The molecule has 4 aliphatic carbocycles. The number of carbonyl (C=O) groups is 2. The quantitative estimate of drug-likeness (QED) is 0.0664. The molecule has 0 bridgehead atoms. The third-order valence-electron chi connectivity index (χ3n) is 21.1. The van der Waals surface area contributed by atoms with Gasteiger partial charge in [-0.1, -0.05) is 74.0 Å². The fourth-order valence-electron chi connectivity index (χ4n) is 16.1. The fourth-order valence-corrected chi connectivity index (χ4v) is 16.1.